The van der Waals surface area contributed by atoms with Crippen LogP contribution in [0.2, 0.25) is 0 Å². The lowest BCUT2D eigenvalue weighted by Crippen LogP contribution is -2.12. The van der Waals surface area contributed by atoms with Crippen LogP contribution in [0.4, 0.5) is 10.2 Å². The highest BCUT2D eigenvalue weighted by molar-refractivity contribution is 5.89. The number of nitrogens with one attached hydrogen (secondary N) is 1. The maximum absolute atomic E-state index is 12.9. The van der Waals surface area contributed by atoms with Crippen molar-refractivity contribution < 1.29 is 18.1 Å². The smallest absolute Gasteiger partial charge is 0.247 e. The maximum Gasteiger partial charge on any atom is 0.247 e. The monoisotopic (exact) mass is 316 g/mol. The zero-order valence-electron chi connectivity index (χ0n) is 12.2. The van der Waals surface area contributed by atoms with Crippen LogP contribution in [0.5, 0.6) is 0 Å². The van der Waals surface area contributed by atoms with Crippen molar-refractivity contribution in [3.05, 3.63) is 47.8 Å². The third-order valence-electron chi connectivity index (χ3n) is 3.02. The van der Waals surface area contributed by atoms with Crippen molar-refractivity contribution in [1.82, 2.24) is 15.4 Å². The van der Waals surface area contributed by atoms with Gasteiger partial charge in [0, 0.05) is 24.5 Å². The molecule has 0 aliphatic heterocycles. The van der Waals surface area contributed by atoms with Crippen LogP contribution in [0.1, 0.15) is 18.1 Å². The molecule has 3 rings (SSSR count). The molecule has 0 fully saturated rings. The number of hydrogen-bond acceptors (Lipinski definition) is 6. The summed E-state index contributed by atoms with van der Waals surface area (Å²) >= 11 is 0. The van der Waals surface area contributed by atoms with Crippen LogP contribution >= 0.6 is 0 Å². The minimum atomic E-state index is -0.340. The first-order valence-corrected chi connectivity index (χ1v) is 6.91. The molecule has 1 aromatic carbocycles. The number of aryl methyl sites for hydroxylation is 2. The summed E-state index contributed by atoms with van der Waals surface area (Å²) < 4.78 is 23.2. The second-order valence-corrected chi connectivity index (χ2v) is 4.88. The van der Waals surface area contributed by atoms with Gasteiger partial charge in [-0.15, -0.1) is 10.2 Å². The van der Waals surface area contributed by atoms with E-state index < -0.39 is 0 Å². The summed E-state index contributed by atoms with van der Waals surface area (Å²) in [6.07, 6.45) is 0.452. The minimum Gasteiger partial charge on any atom is -0.421 e. The summed E-state index contributed by atoms with van der Waals surface area (Å²) in [7, 11) is 0. The van der Waals surface area contributed by atoms with Crippen molar-refractivity contribution in [3.8, 4) is 11.5 Å². The van der Waals surface area contributed by atoms with Gasteiger partial charge >= 0.3 is 0 Å². The fourth-order valence-electron chi connectivity index (χ4n) is 1.91. The molecule has 7 nitrogen and oxygen atoms in total. The summed E-state index contributed by atoms with van der Waals surface area (Å²) in [6.45, 7) is 1.73. The average molecular weight is 316 g/mol. The van der Waals surface area contributed by atoms with E-state index in [1.165, 1.54) is 12.1 Å². The SMILES string of the molecule is Cc1cc(NC(=O)CCc2nnc(-c3ccc(F)cc3)o2)no1. The molecule has 0 bridgehead atoms. The number of hydrogen-bond donors (Lipinski definition) is 1. The Kier molecular flexibility index (Phi) is 4.13. The molecule has 23 heavy (non-hydrogen) atoms. The molecule has 0 unspecified atom stereocenters. The summed E-state index contributed by atoms with van der Waals surface area (Å²) in [4.78, 5) is 11.8. The molecule has 8 heteroatoms. The van der Waals surface area contributed by atoms with Crippen molar-refractivity contribution in [2.24, 2.45) is 0 Å². The molecule has 3 aromatic rings. The normalized spacial score (nSPS) is 10.7. The third kappa shape index (κ3) is 3.79. The summed E-state index contributed by atoms with van der Waals surface area (Å²) in [5.41, 5.74) is 0.618. The fraction of sp³-hybridized carbons (Fsp3) is 0.200. The van der Waals surface area contributed by atoms with Crippen LogP contribution < -0.4 is 5.32 Å². The van der Waals surface area contributed by atoms with Gasteiger partial charge in [0.2, 0.25) is 17.7 Å². The molecular weight excluding hydrogens is 303 g/mol. The summed E-state index contributed by atoms with van der Waals surface area (Å²) in [6, 6.07) is 7.34. The van der Waals surface area contributed by atoms with Crippen molar-refractivity contribution in [2.75, 3.05) is 5.32 Å². The van der Waals surface area contributed by atoms with E-state index in [1.807, 2.05) is 0 Å². The lowest BCUT2D eigenvalue weighted by atomic mass is 10.2. The lowest BCUT2D eigenvalue weighted by Gasteiger charge is -1.98. The molecular formula is C15H13FN4O3. The van der Waals surface area contributed by atoms with Gasteiger partial charge < -0.3 is 14.3 Å². The molecule has 1 amide bonds. The van der Waals surface area contributed by atoms with Crippen LogP contribution in [-0.2, 0) is 11.2 Å². The number of anilines is 1. The molecule has 0 saturated carbocycles. The first-order valence-electron chi connectivity index (χ1n) is 6.91. The Balaban J connectivity index is 1.56. The second kappa shape index (κ2) is 6.39. The molecule has 2 aromatic heterocycles. The van der Waals surface area contributed by atoms with Gasteiger partial charge in [0.15, 0.2) is 5.82 Å². The van der Waals surface area contributed by atoms with Crippen LogP contribution in [0.25, 0.3) is 11.5 Å². The second-order valence-electron chi connectivity index (χ2n) is 4.88. The van der Waals surface area contributed by atoms with Crippen LogP contribution in [0.15, 0.2) is 39.3 Å². The Hall–Kier alpha value is -3.03. The molecule has 0 spiro atoms. The summed E-state index contributed by atoms with van der Waals surface area (Å²) in [5, 5.41) is 14.0. The Labute approximate surface area is 130 Å². The number of aromatic nitrogens is 3. The highest BCUT2D eigenvalue weighted by atomic mass is 19.1. The van der Waals surface area contributed by atoms with Gasteiger partial charge in [-0.05, 0) is 31.2 Å². The average Bonchev–Trinajstić information content (AvgIpc) is 3.15. The fourth-order valence-corrected chi connectivity index (χ4v) is 1.91. The highest BCUT2D eigenvalue weighted by Gasteiger charge is 2.12. The number of halogens is 1. The van der Waals surface area contributed by atoms with E-state index in [0.717, 1.165) is 0 Å². The third-order valence-corrected chi connectivity index (χ3v) is 3.02. The number of nitrogens with zero attached hydrogens (tertiary/aromatic N) is 3. The Bertz CT molecular complexity index is 810. The number of rotatable bonds is 5. The standard InChI is InChI=1S/C15H13FN4O3/c1-9-8-12(20-23-9)17-13(21)6-7-14-18-19-15(22-14)10-2-4-11(16)5-3-10/h2-5,8H,6-7H2,1H3,(H,17,20,21). The maximum atomic E-state index is 12.9. The largest absolute Gasteiger partial charge is 0.421 e. The minimum absolute atomic E-state index is 0.164. The van der Waals surface area contributed by atoms with E-state index in [0.29, 0.717) is 23.0 Å². The van der Waals surface area contributed by atoms with E-state index in [-0.39, 0.29) is 30.5 Å². The van der Waals surface area contributed by atoms with Crippen molar-refractivity contribution in [3.63, 3.8) is 0 Å². The van der Waals surface area contributed by atoms with Crippen LogP contribution in [-0.4, -0.2) is 21.3 Å². The van der Waals surface area contributed by atoms with E-state index in [4.69, 9.17) is 8.94 Å². The molecule has 0 aliphatic rings. The van der Waals surface area contributed by atoms with Crippen molar-refractivity contribution in [2.45, 2.75) is 19.8 Å². The van der Waals surface area contributed by atoms with E-state index in [9.17, 15) is 9.18 Å². The van der Waals surface area contributed by atoms with Crippen molar-refractivity contribution in [1.29, 1.82) is 0 Å². The van der Waals surface area contributed by atoms with Crippen molar-refractivity contribution >= 4 is 11.7 Å². The van der Waals surface area contributed by atoms with Gasteiger partial charge in [0.05, 0.1) is 0 Å². The first kappa shape index (κ1) is 14.9. The quantitative estimate of drug-likeness (QED) is 0.778. The molecule has 1 N–H and O–H groups in total. The number of amides is 1. The molecule has 2 heterocycles. The zero-order chi connectivity index (χ0) is 16.2. The molecule has 118 valence electrons. The van der Waals surface area contributed by atoms with Gasteiger partial charge in [-0.1, -0.05) is 5.16 Å². The Morgan fingerprint density at radius 1 is 1.26 bits per heavy atom. The van der Waals surface area contributed by atoms with Gasteiger partial charge in [-0.2, -0.15) is 0 Å². The lowest BCUT2D eigenvalue weighted by molar-refractivity contribution is -0.116. The van der Waals surface area contributed by atoms with Gasteiger partial charge in [-0.3, -0.25) is 4.79 Å². The number of carbonyl (C=O) groups excluding carboxylic acids is 1. The molecule has 0 atom stereocenters. The van der Waals surface area contributed by atoms with Gasteiger partial charge in [-0.25, -0.2) is 4.39 Å². The van der Waals surface area contributed by atoms with Gasteiger partial charge in [0.1, 0.15) is 11.6 Å². The van der Waals surface area contributed by atoms with Gasteiger partial charge in [0.25, 0.3) is 0 Å². The predicted octanol–water partition coefficient (Wildman–Crippen LogP) is 2.74. The van der Waals surface area contributed by atoms with Crippen LogP contribution in [0, 0.1) is 12.7 Å². The van der Waals surface area contributed by atoms with E-state index >= 15 is 0 Å². The number of carbonyl (C=O) groups is 1. The number of benzene rings is 1. The molecule has 0 saturated heterocycles. The summed E-state index contributed by atoms with van der Waals surface area (Å²) in [5.74, 6) is 1.02. The topological polar surface area (TPSA) is 94.1 Å². The molecule has 0 radical (unpaired) electrons. The van der Waals surface area contributed by atoms with E-state index in [2.05, 4.69) is 20.7 Å². The highest BCUT2D eigenvalue weighted by Crippen LogP contribution is 2.18. The predicted molar refractivity (Wildman–Crippen MR) is 77.9 cm³/mol. The van der Waals surface area contributed by atoms with Crippen LogP contribution in [0.3, 0.4) is 0 Å². The Morgan fingerprint density at radius 2 is 2.04 bits per heavy atom. The molecule has 0 aliphatic carbocycles. The zero-order valence-corrected chi connectivity index (χ0v) is 12.2. The Morgan fingerprint density at radius 3 is 2.74 bits per heavy atom. The first-order chi connectivity index (χ1) is 11.1. The van der Waals surface area contributed by atoms with E-state index in [1.54, 1.807) is 25.1 Å².